The summed E-state index contributed by atoms with van der Waals surface area (Å²) in [6.45, 7) is -8.82. The zero-order valence-corrected chi connectivity index (χ0v) is 27.6. The van der Waals surface area contributed by atoms with Crippen molar-refractivity contribution in [1.82, 2.24) is 0 Å². The Kier molecular flexibility index (Phi) is 12.8. The summed E-state index contributed by atoms with van der Waals surface area (Å²) < 4.78 is 465. The minimum absolute atomic E-state index is 0.163. The molecule has 6 nitrogen and oxygen atoms in total. The van der Waals surface area contributed by atoms with Crippen molar-refractivity contribution in [3.8, 4) is 0 Å². The predicted molar refractivity (Wildman–Crippen MR) is 117 cm³/mol. The molecule has 1 spiro atoms. The summed E-state index contributed by atoms with van der Waals surface area (Å²) in [7, 11) is -0.163. The van der Waals surface area contributed by atoms with Crippen LogP contribution in [0.5, 0.6) is 0 Å². The highest BCUT2D eigenvalue weighted by atomic mass is 19.4. The maximum atomic E-state index is 14.7. The van der Waals surface area contributed by atoms with Crippen LogP contribution in [0.4, 0.5) is 140 Å². The Balaban J connectivity index is 2.57. The van der Waals surface area contributed by atoms with Crippen LogP contribution in [0.15, 0.2) is 0 Å². The molecule has 2 heterocycles. The van der Waals surface area contributed by atoms with E-state index in [1.54, 1.807) is 0 Å². The van der Waals surface area contributed by atoms with Gasteiger partial charge in [0, 0.05) is 14.0 Å². The lowest BCUT2D eigenvalue weighted by Crippen LogP contribution is -2.82. The van der Waals surface area contributed by atoms with E-state index in [1.165, 1.54) is 0 Å². The fraction of sp³-hybridized carbons (Fsp3) is 1.00. The van der Waals surface area contributed by atoms with E-state index in [0.29, 0.717) is 0 Å². The first-order valence-electron chi connectivity index (χ1n) is 14.0. The monoisotopic (exact) mass is 992 g/mol. The number of alkyl halides is 32. The largest absolute Gasteiger partial charge is 0.407 e. The Hall–Kier alpha value is -2.48. The zero-order valence-electron chi connectivity index (χ0n) is 27.6. The van der Waals surface area contributed by atoms with E-state index in [0.717, 1.165) is 0 Å². The fourth-order valence-corrected chi connectivity index (χ4v) is 4.56. The summed E-state index contributed by atoms with van der Waals surface area (Å²) in [5.41, 5.74) is -7.46. The highest BCUT2D eigenvalue weighted by Gasteiger charge is 3.00. The molecule has 2 saturated heterocycles. The Bertz CT molecular complexity index is 1560. The van der Waals surface area contributed by atoms with Crippen molar-refractivity contribution in [2.45, 2.75) is 115 Å². The Morgan fingerprint density at radius 3 is 0.852 bits per heavy atom. The van der Waals surface area contributed by atoms with Gasteiger partial charge in [-0.25, -0.2) is 8.78 Å². The zero-order chi connectivity index (χ0) is 49.3. The van der Waals surface area contributed by atoms with Gasteiger partial charge in [-0.3, -0.25) is 18.9 Å². The van der Waals surface area contributed by atoms with Gasteiger partial charge in [0.15, 0.2) is 0 Å². The summed E-state index contributed by atoms with van der Waals surface area (Å²) >= 11 is 0. The van der Waals surface area contributed by atoms with E-state index in [1.807, 2.05) is 0 Å². The highest BCUT2D eigenvalue weighted by Crippen LogP contribution is 2.72. The van der Waals surface area contributed by atoms with Crippen LogP contribution >= 0.6 is 0 Å². The van der Waals surface area contributed by atoms with Gasteiger partial charge < -0.3 is 9.47 Å². The van der Waals surface area contributed by atoms with Gasteiger partial charge in [-0.1, -0.05) is 0 Å². The summed E-state index contributed by atoms with van der Waals surface area (Å²) in [5, 5.41) is 0. The lowest BCUT2D eigenvalue weighted by atomic mass is 9.79. The molecule has 0 aromatic carbocycles. The van der Waals surface area contributed by atoms with Crippen molar-refractivity contribution in [3.05, 3.63) is 0 Å². The number of hydrogen-bond donors (Lipinski definition) is 0. The molecule has 0 radical (unpaired) electrons. The number of hydrogen-bond acceptors (Lipinski definition) is 6. The standard InChI is InChI=1S/C23H12F32O6/c1-7(24,25)5-58-20(48,49)11(21(50,51)59-5)22(52,53)60-6(61-23(11,54)55)10(30,31)57-4-9(28,29)13(34,35)15(38,39)17(42,43)19(46,47)18(44,45)16(40,41)14(36,37)12(32,33)8(26,27)3-56-2/h5-6H,3-4H2,1-2H3. The lowest BCUT2D eigenvalue weighted by molar-refractivity contribution is -0.658. The van der Waals surface area contributed by atoms with Crippen molar-refractivity contribution in [2.75, 3.05) is 20.3 Å². The smallest absolute Gasteiger partial charge is 0.378 e. The average molecular weight is 992 g/mol. The molecule has 0 N–H and O–H groups in total. The topological polar surface area (TPSA) is 55.4 Å². The maximum absolute atomic E-state index is 14.7. The molecule has 2 fully saturated rings. The summed E-state index contributed by atoms with van der Waals surface area (Å²) in [6, 6.07) is 0. The molecular weight excluding hydrogens is 980 g/mol. The number of methoxy groups -OCH3 is 1. The molecular formula is C23H12F32O6. The summed E-state index contributed by atoms with van der Waals surface area (Å²) in [5.74, 6) is -93.9. The molecule has 0 amide bonds. The molecule has 0 saturated carbocycles. The second-order valence-electron chi connectivity index (χ2n) is 12.2. The van der Waals surface area contributed by atoms with Gasteiger partial charge in [0.25, 0.3) is 12.2 Å². The van der Waals surface area contributed by atoms with Crippen LogP contribution in [-0.4, -0.2) is 129 Å². The number of halogens is 32. The molecule has 364 valence electrons. The third kappa shape index (κ3) is 7.15. The van der Waals surface area contributed by atoms with Crippen LogP contribution in [0.3, 0.4) is 0 Å². The van der Waals surface area contributed by atoms with Crippen molar-refractivity contribution in [2.24, 2.45) is 5.41 Å². The average Bonchev–Trinajstić information content (AvgIpc) is 3.00. The Labute approximate surface area is 311 Å². The van der Waals surface area contributed by atoms with Crippen molar-refractivity contribution < 1.29 is 169 Å². The fourth-order valence-electron chi connectivity index (χ4n) is 4.56. The highest BCUT2D eigenvalue weighted by molar-refractivity contribution is 5.18. The van der Waals surface area contributed by atoms with Crippen LogP contribution in [0.25, 0.3) is 0 Å². The van der Waals surface area contributed by atoms with E-state index < -0.39 is 134 Å². The Morgan fingerprint density at radius 2 is 0.607 bits per heavy atom. The summed E-state index contributed by atoms with van der Waals surface area (Å²) in [4.78, 5) is 0. The second kappa shape index (κ2) is 14.3. The van der Waals surface area contributed by atoms with Gasteiger partial charge >= 0.3 is 95.2 Å². The van der Waals surface area contributed by atoms with Crippen LogP contribution in [0.2, 0.25) is 0 Å². The minimum atomic E-state index is -9.63. The van der Waals surface area contributed by atoms with Crippen LogP contribution in [0.1, 0.15) is 6.92 Å². The van der Waals surface area contributed by atoms with Crippen LogP contribution in [0, 0.1) is 5.41 Å². The van der Waals surface area contributed by atoms with Gasteiger partial charge in [0.2, 0.25) is 6.29 Å². The van der Waals surface area contributed by atoms with E-state index in [9.17, 15) is 140 Å². The van der Waals surface area contributed by atoms with Gasteiger partial charge in [0.05, 0.1) is 0 Å². The minimum Gasteiger partial charge on any atom is -0.378 e. The molecule has 0 bridgehead atoms. The first kappa shape index (κ1) is 54.7. The first-order valence-corrected chi connectivity index (χ1v) is 14.0. The summed E-state index contributed by atoms with van der Waals surface area (Å²) in [6.07, 6.45) is -47.2. The van der Waals surface area contributed by atoms with E-state index >= 15 is 0 Å². The van der Waals surface area contributed by atoms with E-state index in [-0.39, 0.29) is 7.11 Å². The molecule has 2 aliphatic rings. The molecule has 2 rings (SSSR count). The predicted octanol–water partition coefficient (Wildman–Crippen LogP) is 10.4. The van der Waals surface area contributed by atoms with E-state index in [2.05, 4.69) is 28.4 Å². The number of rotatable bonds is 16. The SMILES string of the molecule is COCC(F)(F)C(F)(F)C(F)(F)C(F)(F)C(F)(F)C(F)(F)C(F)(F)C(F)(F)C(F)(F)C(F)(F)COC(F)(F)C1OC(F)(F)C2(C(F)(F)OC(C(C)(F)F)OC2(F)F)C(F)(F)O1. The quantitative estimate of drug-likeness (QED) is 0.144. The molecule has 61 heavy (non-hydrogen) atoms. The van der Waals surface area contributed by atoms with Gasteiger partial charge in [-0.05, 0) is 0 Å². The molecule has 0 aliphatic carbocycles. The van der Waals surface area contributed by atoms with Crippen LogP contribution < -0.4 is 0 Å². The van der Waals surface area contributed by atoms with E-state index in [4.69, 9.17) is 0 Å². The molecule has 38 heteroatoms. The first-order chi connectivity index (χ1) is 26.1. The maximum Gasteiger partial charge on any atom is 0.407 e. The van der Waals surface area contributed by atoms with Gasteiger partial charge in [-0.15, -0.1) is 0 Å². The van der Waals surface area contributed by atoms with Crippen molar-refractivity contribution >= 4 is 0 Å². The lowest BCUT2D eigenvalue weighted by Gasteiger charge is -2.56. The van der Waals surface area contributed by atoms with Crippen molar-refractivity contribution in [1.29, 1.82) is 0 Å². The molecule has 2 aliphatic heterocycles. The molecule has 0 aromatic heterocycles. The number of ether oxygens (including phenoxy) is 6. The third-order valence-electron chi connectivity index (χ3n) is 7.91. The Morgan fingerprint density at radius 1 is 0.377 bits per heavy atom. The third-order valence-corrected chi connectivity index (χ3v) is 7.91. The second-order valence-corrected chi connectivity index (χ2v) is 12.2. The van der Waals surface area contributed by atoms with Crippen molar-refractivity contribution in [3.63, 3.8) is 0 Å². The van der Waals surface area contributed by atoms with Gasteiger partial charge in [-0.2, -0.15) is 132 Å². The molecule has 0 unspecified atom stereocenters. The van der Waals surface area contributed by atoms with Gasteiger partial charge in [0.1, 0.15) is 13.2 Å². The molecule has 0 aromatic rings. The normalized spacial score (nSPS) is 26.5. The molecule has 0 atom stereocenters. The van der Waals surface area contributed by atoms with Crippen LogP contribution in [-0.2, 0) is 28.4 Å².